The SMILES string of the molecule is CCCc1cc(NCC2CCCNC2)nc(-c2cnccn2)n1. The summed E-state index contributed by atoms with van der Waals surface area (Å²) in [4.78, 5) is 17.7. The Morgan fingerprint density at radius 1 is 1.30 bits per heavy atom. The molecule has 1 atom stereocenters. The van der Waals surface area contributed by atoms with E-state index in [2.05, 4.69) is 43.6 Å². The number of nitrogens with zero attached hydrogens (tertiary/aromatic N) is 4. The maximum atomic E-state index is 4.63. The van der Waals surface area contributed by atoms with E-state index in [0.717, 1.165) is 44.0 Å². The quantitative estimate of drug-likeness (QED) is 0.852. The van der Waals surface area contributed by atoms with Crippen LogP contribution < -0.4 is 10.6 Å². The minimum Gasteiger partial charge on any atom is -0.370 e. The summed E-state index contributed by atoms with van der Waals surface area (Å²) in [7, 11) is 0. The second kappa shape index (κ2) is 7.97. The minimum absolute atomic E-state index is 0.647. The summed E-state index contributed by atoms with van der Waals surface area (Å²) < 4.78 is 0. The molecule has 1 aliphatic heterocycles. The highest BCUT2D eigenvalue weighted by atomic mass is 15.0. The molecule has 0 aromatic carbocycles. The number of anilines is 1. The van der Waals surface area contributed by atoms with Gasteiger partial charge < -0.3 is 10.6 Å². The molecule has 1 unspecified atom stereocenters. The lowest BCUT2D eigenvalue weighted by Crippen LogP contribution is -2.33. The first-order valence-corrected chi connectivity index (χ1v) is 8.44. The van der Waals surface area contributed by atoms with Crippen LogP contribution in [-0.2, 0) is 6.42 Å². The minimum atomic E-state index is 0.647. The molecule has 0 radical (unpaired) electrons. The van der Waals surface area contributed by atoms with Gasteiger partial charge in [-0.1, -0.05) is 13.3 Å². The summed E-state index contributed by atoms with van der Waals surface area (Å²) >= 11 is 0. The molecule has 0 spiro atoms. The van der Waals surface area contributed by atoms with Gasteiger partial charge in [0.05, 0.1) is 6.20 Å². The lowest BCUT2D eigenvalue weighted by Gasteiger charge is -2.23. The number of piperidine rings is 1. The number of aryl methyl sites for hydroxylation is 1. The number of rotatable bonds is 6. The van der Waals surface area contributed by atoms with Crippen molar-refractivity contribution in [3.63, 3.8) is 0 Å². The molecule has 3 rings (SSSR count). The Kier molecular flexibility index (Phi) is 5.47. The van der Waals surface area contributed by atoms with Gasteiger partial charge in [0.1, 0.15) is 11.5 Å². The van der Waals surface area contributed by atoms with Crippen molar-refractivity contribution in [1.29, 1.82) is 0 Å². The fourth-order valence-electron chi connectivity index (χ4n) is 2.85. The summed E-state index contributed by atoms with van der Waals surface area (Å²) in [5, 5.41) is 6.93. The van der Waals surface area contributed by atoms with Crippen molar-refractivity contribution in [3.8, 4) is 11.5 Å². The van der Waals surface area contributed by atoms with Gasteiger partial charge >= 0.3 is 0 Å². The first-order chi connectivity index (χ1) is 11.3. The Hall–Kier alpha value is -2.08. The number of hydrogen-bond donors (Lipinski definition) is 2. The summed E-state index contributed by atoms with van der Waals surface area (Å²) in [5.41, 5.74) is 1.76. The summed E-state index contributed by atoms with van der Waals surface area (Å²) in [6.07, 6.45) is 9.56. The highest BCUT2D eigenvalue weighted by Crippen LogP contribution is 2.17. The third-order valence-electron chi connectivity index (χ3n) is 4.05. The summed E-state index contributed by atoms with van der Waals surface area (Å²) in [5.74, 6) is 2.19. The Morgan fingerprint density at radius 2 is 2.26 bits per heavy atom. The molecule has 0 bridgehead atoms. The topological polar surface area (TPSA) is 75.6 Å². The van der Waals surface area contributed by atoms with Crippen LogP contribution in [-0.4, -0.2) is 39.6 Å². The van der Waals surface area contributed by atoms with Crippen LogP contribution in [0.2, 0.25) is 0 Å². The zero-order valence-corrected chi connectivity index (χ0v) is 13.6. The molecular weight excluding hydrogens is 288 g/mol. The van der Waals surface area contributed by atoms with Crippen LogP contribution >= 0.6 is 0 Å². The van der Waals surface area contributed by atoms with Gasteiger partial charge in [-0.15, -0.1) is 0 Å². The predicted octanol–water partition coefficient (Wildman–Crippen LogP) is 2.30. The predicted molar refractivity (Wildman–Crippen MR) is 91.1 cm³/mol. The zero-order chi connectivity index (χ0) is 15.9. The smallest absolute Gasteiger partial charge is 0.182 e. The first-order valence-electron chi connectivity index (χ1n) is 8.44. The van der Waals surface area contributed by atoms with Gasteiger partial charge in [0.25, 0.3) is 0 Å². The average Bonchev–Trinajstić information content (AvgIpc) is 2.62. The van der Waals surface area contributed by atoms with E-state index in [1.807, 2.05) is 0 Å². The van der Waals surface area contributed by atoms with Crippen LogP contribution in [0.25, 0.3) is 11.5 Å². The van der Waals surface area contributed by atoms with Gasteiger partial charge in [-0.05, 0) is 38.3 Å². The van der Waals surface area contributed by atoms with Crippen LogP contribution in [0.4, 0.5) is 5.82 Å². The van der Waals surface area contributed by atoms with E-state index in [0.29, 0.717) is 17.4 Å². The molecule has 1 saturated heterocycles. The molecule has 23 heavy (non-hydrogen) atoms. The van der Waals surface area contributed by atoms with E-state index in [4.69, 9.17) is 0 Å². The van der Waals surface area contributed by atoms with E-state index in [1.54, 1.807) is 18.6 Å². The molecule has 1 aliphatic rings. The maximum absolute atomic E-state index is 4.63. The third-order valence-corrected chi connectivity index (χ3v) is 4.05. The highest BCUT2D eigenvalue weighted by molar-refractivity contribution is 5.51. The van der Waals surface area contributed by atoms with Crippen molar-refractivity contribution in [1.82, 2.24) is 25.3 Å². The Bertz CT molecular complexity index is 610. The fourth-order valence-corrected chi connectivity index (χ4v) is 2.85. The monoisotopic (exact) mass is 312 g/mol. The first kappa shape index (κ1) is 15.8. The molecule has 0 saturated carbocycles. The lowest BCUT2D eigenvalue weighted by molar-refractivity contribution is 0.392. The number of aromatic nitrogens is 4. The molecule has 6 nitrogen and oxygen atoms in total. The van der Waals surface area contributed by atoms with Crippen LogP contribution in [0.3, 0.4) is 0 Å². The zero-order valence-electron chi connectivity index (χ0n) is 13.6. The largest absolute Gasteiger partial charge is 0.370 e. The normalized spacial score (nSPS) is 17.9. The molecule has 1 fully saturated rings. The van der Waals surface area contributed by atoms with Crippen molar-refractivity contribution in [2.75, 3.05) is 25.0 Å². The third kappa shape index (κ3) is 4.45. The number of nitrogens with one attached hydrogen (secondary N) is 2. The molecular formula is C17H24N6. The maximum Gasteiger partial charge on any atom is 0.182 e. The molecule has 3 heterocycles. The van der Waals surface area contributed by atoms with Crippen LogP contribution in [0.5, 0.6) is 0 Å². The molecule has 2 N–H and O–H groups in total. The molecule has 6 heteroatoms. The molecule has 2 aromatic rings. The van der Waals surface area contributed by atoms with Gasteiger partial charge in [-0.25, -0.2) is 15.0 Å². The Balaban J connectivity index is 1.76. The highest BCUT2D eigenvalue weighted by Gasteiger charge is 2.14. The second-order valence-electron chi connectivity index (χ2n) is 6.00. The molecule has 0 amide bonds. The van der Waals surface area contributed by atoms with Crippen molar-refractivity contribution in [2.45, 2.75) is 32.6 Å². The molecule has 2 aromatic heterocycles. The van der Waals surface area contributed by atoms with E-state index >= 15 is 0 Å². The van der Waals surface area contributed by atoms with Crippen LogP contribution in [0, 0.1) is 5.92 Å². The van der Waals surface area contributed by atoms with Gasteiger partial charge in [0.15, 0.2) is 5.82 Å². The standard InChI is InChI=1S/C17H24N6/c1-2-4-14-9-16(21-11-13-5-3-6-18-10-13)23-17(22-14)15-12-19-7-8-20-15/h7-9,12-13,18H,2-6,10-11H2,1H3,(H,21,22,23). The van der Waals surface area contributed by atoms with Gasteiger partial charge in [0, 0.05) is 30.7 Å². The Labute approximate surface area is 137 Å². The van der Waals surface area contributed by atoms with Crippen molar-refractivity contribution < 1.29 is 0 Å². The van der Waals surface area contributed by atoms with Gasteiger partial charge in [-0.2, -0.15) is 0 Å². The molecule has 0 aliphatic carbocycles. The van der Waals surface area contributed by atoms with Gasteiger partial charge in [0.2, 0.25) is 0 Å². The average molecular weight is 312 g/mol. The Morgan fingerprint density at radius 3 is 3.00 bits per heavy atom. The summed E-state index contributed by atoms with van der Waals surface area (Å²) in [6, 6.07) is 2.06. The van der Waals surface area contributed by atoms with Crippen molar-refractivity contribution in [3.05, 3.63) is 30.4 Å². The van der Waals surface area contributed by atoms with Crippen LogP contribution in [0.15, 0.2) is 24.7 Å². The van der Waals surface area contributed by atoms with Gasteiger partial charge in [-0.3, -0.25) is 4.98 Å². The lowest BCUT2D eigenvalue weighted by atomic mass is 10.00. The summed E-state index contributed by atoms with van der Waals surface area (Å²) in [6.45, 7) is 5.32. The van der Waals surface area contributed by atoms with Crippen molar-refractivity contribution in [2.24, 2.45) is 5.92 Å². The molecule has 122 valence electrons. The second-order valence-corrected chi connectivity index (χ2v) is 6.00. The van der Waals surface area contributed by atoms with E-state index < -0.39 is 0 Å². The van der Waals surface area contributed by atoms with E-state index in [9.17, 15) is 0 Å². The van der Waals surface area contributed by atoms with Crippen molar-refractivity contribution >= 4 is 5.82 Å². The fraction of sp³-hybridized carbons (Fsp3) is 0.529. The van der Waals surface area contributed by atoms with Crippen LogP contribution in [0.1, 0.15) is 31.9 Å². The van der Waals surface area contributed by atoms with E-state index in [-0.39, 0.29) is 0 Å². The van der Waals surface area contributed by atoms with E-state index in [1.165, 1.54) is 12.8 Å². The number of hydrogen-bond acceptors (Lipinski definition) is 6.